The zero-order chi connectivity index (χ0) is 23.6. The quantitative estimate of drug-likeness (QED) is 0.325. The number of aromatic nitrogens is 3. The highest BCUT2D eigenvalue weighted by atomic mass is 35.5. The number of hydrogen-bond acceptors (Lipinski definition) is 4. The summed E-state index contributed by atoms with van der Waals surface area (Å²) < 4.78 is 68.5. The molecule has 0 bridgehead atoms. The third kappa shape index (κ3) is 4.78. The van der Waals surface area contributed by atoms with Crippen LogP contribution in [0.4, 0.5) is 17.6 Å². The Balaban J connectivity index is 2.18. The van der Waals surface area contributed by atoms with Gasteiger partial charge in [0, 0.05) is 12.1 Å². The average Bonchev–Trinajstić information content (AvgIpc) is 3.33. The van der Waals surface area contributed by atoms with Crippen molar-refractivity contribution in [2.45, 2.75) is 65.3 Å². The van der Waals surface area contributed by atoms with E-state index in [-0.39, 0.29) is 45.8 Å². The number of hydrogen-bond donors (Lipinski definition) is 0. The summed E-state index contributed by atoms with van der Waals surface area (Å²) in [5.41, 5.74) is -1.05. The van der Waals surface area contributed by atoms with Gasteiger partial charge in [0.2, 0.25) is 0 Å². The highest BCUT2D eigenvalue weighted by Crippen LogP contribution is 2.44. The predicted octanol–water partition coefficient (Wildman–Crippen LogP) is 7.30. The molecule has 1 saturated carbocycles. The van der Waals surface area contributed by atoms with E-state index in [1.54, 1.807) is 6.92 Å². The average molecular weight is 476 g/mol. The first-order chi connectivity index (χ1) is 15.1. The number of ether oxygens (including phenoxy) is 1. The fourth-order valence-electron chi connectivity index (χ4n) is 4.16. The Bertz CT molecular complexity index is 1010. The molecule has 0 aromatic carbocycles. The second kappa shape index (κ2) is 9.79. The van der Waals surface area contributed by atoms with E-state index in [0.29, 0.717) is 18.8 Å². The van der Waals surface area contributed by atoms with Gasteiger partial charge in [-0.2, -0.15) is 18.3 Å². The molecule has 0 aliphatic heterocycles. The summed E-state index contributed by atoms with van der Waals surface area (Å²) in [6.45, 7) is 4.74. The highest BCUT2D eigenvalue weighted by molar-refractivity contribution is 6.37. The van der Waals surface area contributed by atoms with Crippen molar-refractivity contribution in [2.24, 2.45) is 5.92 Å². The lowest BCUT2D eigenvalue weighted by molar-refractivity contribution is -0.144. The first-order valence-electron chi connectivity index (χ1n) is 10.4. The summed E-state index contributed by atoms with van der Waals surface area (Å²) in [5, 5.41) is 8.03. The van der Waals surface area contributed by atoms with Crippen molar-refractivity contribution in [2.75, 3.05) is 7.11 Å². The van der Waals surface area contributed by atoms with Crippen LogP contribution in [-0.2, 0) is 17.5 Å². The summed E-state index contributed by atoms with van der Waals surface area (Å²) in [5.74, 6) is -0.330. The van der Waals surface area contributed by atoms with Crippen molar-refractivity contribution in [1.82, 2.24) is 14.9 Å². The van der Waals surface area contributed by atoms with E-state index in [0.717, 1.165) is 23.7 Å². The van der Waals surface area contributed by atoms with Crippen molar-refractivity contribution >= 4 is 17.2 Å². The summed E-state index contributed by atoms with van der Waals surface area (Å²) in [6, 6.07) is -0.356. The van der Waals surface area contributed by atoms with Gasteiger partial charge in [0.05, 0.1) is 35.5 Å². The molecular formula is C22H26ClF4N3O2. The molecule has 1 aliphatic rings. The Morgan fingerprint density at radius 1 is 1.31 bits per heavy atom. The molecule has 2 aromatic rings. The molecular weight excluding hydrogens is 450 g/mol. The first kappa shape index (κ1) is 24.5. The highest BCUT2D eigenvalue weighted by Gasteiger charge is 2.42. The van der Waals surface area contributed by atoms with Crippen LogP contribution in [0.5, 0.6) is 0 Å². The number of rotatable bonds is 6. The summed E-state index contributed by atoms with van der Waals surface area (Å²) >= 11 is 6.15. The monoisotopic (exact) mass is 475 g/mol. The van der Waals surface area contributed by atoms with Crippen molar-refractivity contribution < 1.29 is 26.8 Å². The maximum Gasteiger partial charge on any atom is 0.433 e. The van der Waals surface area contributed by atoms with Crippen LogP contribution >= 0.6 is 11.6 Å². The molecule has 0 N–H and O–H groups in total. The van der Waals surface area contributed by atoms with Gasteiger partial charge in [0.15, 0.2) is 11.5 Å². The number of methoxy groups -OCH3 is 1. The zero-order valence-electron chi connectivity index (χ0n) is 18.4. The van der Waals surface area contributed by atoms with Crippen LogP contribution in [0.2, 0.25) is 0 Å². The van der Waals surface area contributed by atoms with Crippen LogP contribution in [0, 0.1) is 5.92 Å². The van der Waals surface area contributed by atoms with Crippen LogP contribution in [0.25, 0.3) is 16.9 Å². The third-order valence-electron chi connectivity index (χ3n) is 5.79. The van der Waals surface area contributed by atoms with Crippen molar-refractivity contribution in [1.29, 1.82) is 0 Å². The summed E-state index contributed by atoms with van der Waals surface area (Å²) in [7, 11) is 1.38. The molecule has 1 fully saturated rings. The topological polar surface area (TPSA) is 53.1 Å². The lowest BCUT2D eigenvalue weighted by Gasteiger charge is -2.28. The van der Waals surface area contributed by atoms with Gasteiger partial charge in [-0.3, -0.25) is 4.68 Å². The number of halogens is 5. The van der Waals surface area contributed by atoms with Gasteiger partial charge in [-0.25, -0.2) is 4.39 Å². The van der Waals surface area contributed by atoms with E-state index in [2.05, 4.69) is 17.2 Å². The maximum absolute atomic E-state index is 14.3. The van der Waals surface area contributed by atoms with Gasteiger partial charge < -0.3 is 9.26 Å². The summed E-state index contributed by atoms with van der Waals surface area (Å²) in [4.78, 5) is 0. The molecule has 2 heterocycles. The van der Waals surface area contributed by atoms with Crippen molar-refractivity contribution in [3.05, 3.63) is 40.1 Å². The fourth-order valence-corrected chi connectivity index (χ4v) is 4.38. The Morgan fingerprint density at radius 3 is 2.50 bits per heavy atom. The SMILES string of the molecule is C/C=C(Cl)\C(=C(/C)F)c1noc(-c2cnn(C3CCC(C)CC3)c2C(F)(F)F)c1COC. The van der Waals surface area contributed by atoms with Crippen molar-refractivity contribution in [3.8, 4) is 11.3 Å². The van der Waals surface area contributed by atoms with Crippen LogP contribution in [0.3, 0.4) is 0 Å². The molecule has 2 aromatic heterocycles. The molecule has 3 rings (SSSR count). The summed E-state index contributed by atoms with van der Waals surface area (Å²) in [6.07, 6.45) is 0.823. The maximum atomic E-state index is 14.3. The van der Waals surface area contributed by atoms with E-state index >= 15 is 0 Å². The Kier molecular flexibility index (Phi) is 7.50. The Labute approximate surface area is 189 Å². The third-order valence-corrected chi connectivity index (χ3v) is 6.20. The molecule has 32 heavy (non-hydrogen) atoms. The minimum atomic E-state index is -4.68. The molecule has 5 nitrogen and oxygen atoms in total. The molecule has 0 saturated heterocycles. The van der Waals surface area contributed by atoms with E-state index in [4.69, 9.17) is 20.9 Å². The first-order valence-corrected chi connectivity index (χ1v) is 10.8. The van der Waals surface area contributed by atoms with Gasteiger partial charge in [0.25, 0.3) is 0 Å². The normalized spacial score (nSPS) is 21.1. The molecule has 10 heteroatoms. The van der Waals surface area contributed by atoms with E-state index in [1.807, 2.05) is 0 Å². The second-order valence-electron chi connectivity index (χ2n) is 8.08. The number of alkyl halides is 3. The van der Waals surface area contributed by atoms with Gasteiger partial charge in [-0.05, 0) is 45.4 Å². The molecule has 0 radical (unpaired) electrons. The van der Waals surface area contributed by atoms with Crippen molar-refractivity contribution in [3.63, 3.8) is 0 Å². The van der Waals surface area contributed by atoms with Crippen LogP contribution < -0.4 is 0 Å². The molecule has 0 amide bonds. The van der Waals surface area contributed by atoms with Gasteiger partial charge in [-0.1, -0.05) is 29.8 Å². The van der Waals surface area contributed by atoms with Crippen LogP contribution in [0.15, 0.2) is 27.7 Å². The number of allylic oxidation sites excluding steroid dienone is 4. The van der Waals surface area contributed by atoms with E-state index < -0.39 is 17.7 Å². The van der Waals surface area contributed by atoms with E-state index in [9.17, 15) is 17.6 Å². The predicted molar refractivity (Wildman–Crippen MR) is 113 cm³/mol. The largest absolute Gasteiger partial charge is 0.433 e. The molecule has 1 aliphatic carbocycles. The van der Waals surface area contributed by atoms with Gasteiger partial charge in [0.1, 0.15) is 11.5 Å². The molecule has 0 atom stereocenters. The smallest absolute Gasteiger partial charge is 0.380 e. The Hall–Kier alpha value is -2.13. The minimum Gasteiger partial charge on any atom is -0.380 e. The van der Waals surface area contributed by atoms with E-state index in [1.165, 1.54) is 20.1 Å². The van der Waals surface area contributed by atoms with Gasteiger partial charge >= 0.3 is 6.18 Å². The van der Waals surface area contributed by atoms with Crippen LogP contribution in [0.1, 0.15) is 69.4 Å². The zero-order valence-corrected chi connectivity index (χ0v) is 19.1. The fraction of sp³-hybridized carbons (Fsp3) is 0.545. The van der Waals surface area contributed by atoms with Crippen LogP contribution in [-0.4, -0.2) is 22.0 Å². The second-order valence-corrected chi connectivity index (χ2v) is 8.49. The Morgan fingerprint density at radius 2 is 1.97 bits per heavy atom. The number of nitrogens with zero attached hydrogens (tertiary/aromatic N) is 3. The molecule has 0 unspecified atom stereocenters. The molecule has 176 valence electrons. The lowest BCUT2D eigenvalue weighted by Crippen LogP contribution is -2.23. The molecule has 0 spiro atoms. The van der Waals surface area contributed by atoms with Gasteiger partial charge in [-0.15, -0.1) is 0 Å². The standard InChI is InChI=1S/C22H26ClF4N3O2/c1-5-17(23)18(13(3)24)19-16(11-31-4)20(32-29-19)15-10-28-30(21(15)22(25,26)27)14-8-6-12(2)7-9-14/h5,10,12,14H,6-9,11H2,1-4H3/b17-5+,18-13-. The lowest BCUT2D eigenvalue weighted by atomic mass is 9.87. The minimum absolute atomic E-state index is 0.00249.